The summed E-state index contributed by atoms with van der Waals surface area (Å²) in [5, 5.41) is 10.1. The number of hydrogen-bond donors (Lipinski definition) is 0. The molecule has 35 heavy (non-hydrogen) atoms. The van der Waals surface area contributed by atoms with Crippen LogP contribution in [0.25, 0.3) is 10.8 Å². The molecule has 0 aromatic heterocycles. The number of rotatable bonds is 8. The lowest BCUT2D eigenvalue weighted by atomic mass is 9.93. The molecule has 0 fully saturated rings. The second-order valence-electron chi connectivity index (χ2n) is 8.20. The summed E-state index contributed by atoms with van der Waals surface area (Å²) in [7, 11) is 0. The van der Waals surface area contributed by atoms with Gasteiger partial charge in [0.25, 0.3) is 11.8 Å². The summed E-state index contributed by atoms with van der Waals surface area (Å²) < 4.78 is 4.92. The smallest absolute Gasteiger partial charge is 0.326 e. The van der Waals surface area contributed by atoms with Crippen LogP contribution < -0.4 is 4.90 Å². The molecular formula is C27H28N4O4. The van der Waals surface area contributed by atoms with Gasteiger partial charge in [0, 0.05) is 40.7 Å². The summed E-state index contributed by atoms with van der Waals surface area (Å²) in [6.45, 7) is 9.50. The molecule has 0 saturated heterocycles. The molecule has 1 heterocycles. The highest BCUT2D eigenvalue weighted by Gasteiger charge is 2.34. The Balaban J connectivity index is 1.70. The molecule has 3 aromatic rings. The van der Waals surface area contributed by atoms with Crippen molar-refractivity contribution in [3.8, 4) is 0 Å². The monoisotopic (exact) mass is 472 g/mol. The molecule has 4 rings (SSSR count). The van der Waals surface area contributed by atoms with E-state index >= 15 is 0 Å². The van der Waals surface area contributed by atoms with Crippen LogP contribution in [0.1, 0.15) is 47.1 Å². The number of carbonyl (C=O) groups excluding carboxylic acids is 3. The highest BCUT2D eigenvalue weighted by atomic mass is 16.5. The second-order valence-corrected chi connectivity index (χ2v) is 8.20. The summed E-state index contributed by atoms with van der Waals surface area (Å²) >= 11 is 0. The van der Waals surface area contributed by atoms with E-state index in [-0.39, 0.29) is 6.61 Å². The molecule has 8 heteroatoms. The zero-order chi connectivity index (χ0) is 25.1. The molecule has 0 N–H and O–H groups in total. The minimum absolute atomic E-state index is 0.174. The topological polar surface area (TPSA) is 91.6 Å². The number of amides is 2. The van der Waals surface area contributed by atoms with Gasteiger partial charge in [0.1, 0.15) is 6.54 Å². The normalized spacial score (nSPS) is 13.1. The van der Waals surface area contributed by atoms with Gasteiger partial charge < -0.3 is 9.64 Å². The van der Waals surface area contributed by atoms with Crippen molar-refractivity contribution in [2.45, 2.75) is 27.7 Å². The zero-order valence-electron chi connectivity index (χ0n) is 20.4. The maximum absolute atomic E-state index is 13.1. The molecule has 8 nitrogen and oxygen atoms in total. The van der Waals surface area contributed by atoms with Crippen LogP contribution in [0.15, 0.2) is 58.8 Å². The molecular weight excluding hydrogens is 444 g/mol. The molecule has 0 atom stereocenters. The highest BCUT2D eigenvalue weighted by Crippen LogP contribution is 2.36. The first kappa shape index (κ1) is 24.1. The Hall–Kier alpha value is -4.07. The maximum atomic E-state index is 13.1. The van der Waals surface area contributed by atoms with Gasteiger partial charge in [0.2, 0.25) is 0 Å². The lowest BCUT2D eigenvalue weighted by Gasteiger charge is -2.26. The number of esters is 1. The molecule has 3 aromatic carbocycles. The van der Waals surface area contributed by atoms with Crippen molar-refractivity contribution in [1.82, 2.24) is 4.90 Å². The predicted octanol–water partition coefficient (Wildman–Crippen LogP) is 5.57. The standard InChI is InChI=1S/C27H28N4O4/c1-5-30(6-2)18-11-13-22(17(4)15-18)28-29-23-14-12-21-25-19(23)9-8-10-20(25)26(33)31(27(21)34)16-24(32)35-7-3/h8-15H,5-7,16H2,1-4H3. The summed E-state index contributed by atoms with van der Waals surface area (Å²) in [4.78, 5) is 41.3. The van der Waals surface area contributed by atoms with Crippen LogP contribution >= 0.6 is 0 Å². The quantitative estimate of drug-likeness (QED) is 0.243. The van der Waals surface area contributed by atoms with E-state index in [4.69, 9.17) is 4.74 Å². The van der Waals surface area contributed by atoms with Crippen LogP contribution in [-0.2, 0) is 9.53 Å². The molecule has 0 bridgehead atoms. The van der Waals surface area contributed by atoms with Gasteiger partial charge in [0.15, 0.2) is 0 Å². The van der Waals surface area contributed by atoms with E-state index in [9.17, 15) is 14.4 Å². The van der Waals surface area contributed by atoms with Crippen LogP contribution in [0.2, 0.25) is 0 Å². The SMILES string of the molecule is CCOC(=O)CN1C(=O)c2cccc3c(N=Nc4ccc(N(CC)CC)cc4C)ccc(c23)C1=O. The Bertz CT molecular complexity index is 1320. The Morgan fingerprint density at radius 3 is 2.23 bits per heavy atom. The minimum Gasteiger partial charge on any atom is -0.465 e. The van der Waals surface area contributed by atoms with Crippen molar-refractivity contribution in [2.75, 3.05) is 31.1 Å². The summed E-state index contributed by atoms with van der Waals surface area (Å²) in [5.74, 6) is -1.69. The number of carbonyl (C=O) groups is 3. The van der Waals surface area contributed by atoms with Crippen molar-refractivity contribution < 1.29 is 19.1 Å². The van der Waals surface area contributed by atoms with Gasteiger partial charge in [-0.25, -0.2) is 0 Å². The van der Waals surface area contributed by atoms with Gasteiger partial charge in [-0.1, -0.05) is 12.1 Å². The first-order chi connectivity index (χ1) is 16.9. The van der Waals surface area contributed by atoms with Crippen molar-refractivity contribution in [3.05, 3.63) is 65.2 Å². The Morgan fingerprint density at radius 1 is 0.914 bits per heavy atom. The minimum atomic E-state index is -0.627. The fourth-order valence-electron chi connectivity index (χ4n) is 4.34. The fraction of sp³-hybridized carbons (Fsp3) is 0.296. The molecule has 1 aliphatic rings. The Morgan fingerprint density at radius 2 is 1.57 bits per heavy atom. The lowest BCUT2D eigenvalue weighted by molar-refractivity contribution is -0.143. The molecule has 0 radical (unpaired) electrons. The van der Waals surface area contributed by atoms with E-state index in [0.29, 0.717) is 27.6 Å². The molecule has 0 aliphatic carbocycles. The van der Waals surface area contributed by atoms with E-state index < -0.39 is 24.3 Å². The van der Waals surface area contributed by atoms with E-state index in [1.54, 1.807) is 31.2 Å². The van der Waals surface area contributed by atoms with E-state index in [1.807, 2.05) is 25.1 Å². The zero-order valence-corrected chi connectivity index (χ0v) is 20.4. The highest BCUT2D eigenvalue weighted by molar-refractivity contribution is 6.27. The number of nitrogens with zero attached hydrogens (tertiary/aromatic N) is 4. The number of benzene rings is 3. The van der Waals surface area contributed by atoms with Crippen LogP contribution in [0, 0.1) is 6.92 Å². The number of imide groups is 1. The van der Waals surface area contributed by atoms with Crippen LogP contribution in [0.3, 0.4) is 0 Å². The molecule has 180 valence electrons. The fourth-order valence-corrected chi connectivity index (χ4v) is 4.34. The van der Waals surface area contributed by atoms with E-state index in [2.05, 4.69) is 35.0 Å². The largest absolute Gasteiger partial charge is 0.465 e. The summed E-state index contributed by atoms with van der Waals surface area (Å²) in [6, 6.07) is 14.6. The van der Waals surface area contributed by atoms with E-state index in [1.165, 1.54) is 0 Å². The van der Waals surface area contributed by atoms with E-state index in [0.717, 1.165) is 34.9 Å². The second kappa shape index (κ2) is 10.0. The van der Waals surface area contributed by atoms with Crippen LogP contribution in [0.4, 0.5) is 17.1 Å². The first-order valence-electron chi connectivity index (χ1n) is 11.7. The number of anilines is 1. The number of azo groups is 1. The van der Waals surface area contributed by atoms with Gasteiger partial charge in [-0.2, -0.15) is 5.11 Å². The summed E-state index contributed by atoms with van der Waals surface area (Å²) in [5.41, 5.74) is 4.13. The summed E-state index contributed by atoms with van der Waals surface area (Å²) in [6.07, 6.45) is 0. The van der Waals surface area contributed by atoms with Crippen molar-refractivity contribution in [2.24, 2.45) is 10.2 Å². The average molecular weight is 473 g/mol. The third-order valence-electron chi connectivity index (χ3n) is 6.14. The van der Waals surface area contributed by atoms with Gasteiger partial charge >= 0.3 is 5.97 Å². The Kier molecular flexibility index (Phi) is 6.91. The molecule has 1 aliphatic heterocycles. The lowest BCUT2D eigenvalue weighted by Crippen LogP contribution is -2.43. The van der Waals surface area contributed by atoms with Crippen molar-refractivity contribution in [1.29, 1.82) is 0 Å². The number of hydrogen-bond acceptors (Lipinski definition) is 7. The third-order valence-corrected chi connectivity index (χ3v) is 6.14. The molecule has 2 amide bonds. The predicted molar refractivity (Wildman–Crippen MR) is 135 cm³/mol. The maximum Gasteiger partial charge on any atom is 0.326 e. The molecule has 0 saturated carbocycles. The van der Waals surface area contributed by atoms with Crippen molar-refractivity contribution in [3.63, 3.8) is 0 Å². The van der Waals surface area contributed by atoms with Crippen molar-refractivity contribution >= 4 is 45.6 Å². The number of ether oxygens (including phenoxy) is 1. The third kappa shape index (κ3) is 4.51. The van der Waals surface area contributed by atoms with Gasteiger partial charge in [-0.05, 0) is 69.7 Å². The first-order valence-corrected chi connectivity index (χ1v) is 11.7. The van der Waals surface area contributed by atoms with Gasteiger partial charge in [-0.3, -0.25) is 19.3 Å². The van der Waals surface area contributed by atoms with Gasteiger partial charge in [0.05, 0.1) is 18.0 Å². The number of aryl methyl sites for hydroxylation is 1. The average Bonchev–Trinajstić information content (AvgIpc) is 2.85. The molecule has 0 spiro atoms. The molecule has 0 unspecified atom stereocenters. The van der Waals surface area contributed by atoms with Crippen LogP contribution in [0.5, 0.6) is 0 Å². The van der Waals surface area contributed by atoms with Gasteiger partial charge in [-0.15, -0.1) is 5.11 Å². The Labute approximate surface area is 204 Å². The van der Waals surface area contributed by atoms with Crippen LogP contribution in [-0.4, -0.2) is 48.9 Å².